The van der Waals surface area contributed by atoms with Gasteiger partial charge in [-0.15, -0.1) is 11.3 Å². The Morgan fingerprint density at radius 3 is 2.45 bits per heavy atom. The van der Waals surface area contributed by atoms with Gasteiger partial charge in [-0.1, -0.05) is 48.5 Å². The second kappa shape index (κ2) is 6.07. The Bertz CT molecular complexity index is 815. The van der Waals surface area contributed by atoms with Crippen LogP contribution in [0.15, 0.2) is 54.6 Å². The van der Waals surface area contributed by atoms with Crippen LogP contribution in [0.25, 0.3) is 11.3 Å². The number of hydrogen-bond acceptors (Lipinski definition) is 3. The van der Waals surface area contributed by atoms with Crippen LogP contribution in [0, 0.1) is 5.82 Å². The van der Waals surface area contributed by atoms with Crippen molar-refractivity contribution in [2.45, 2.75) is 6.42 Å². The Morgan fingerprint density at radius 2 is 1.77 bits per heavy atom. The fourth-order valence-electron chi connectivity index (χ4n) is 2.18. The standard InChI is InChI=1S/C17H12FNO2S/c18-13-9-5-4-8-12(13)10-14-19-15(16(22-14)17(20)21)11-6-2-1-3-7-11/h1-9H,10H2,(H,20,21). The third-order valence-electron chi connectivity index (χ3n) is 3.21. The van der Waals surface area contributed by atoms with Crippen molar-refractivity contribution in [3.05, 3.63) is 75.9 Å². The molecule has 0 aliphatic rings. The molecule has 22 heavy (non-hydrogen) atoms. The van der Waals surface area contributed by atoms with E-state index in [0.29, 0.717) is 16.3 Å². The van der Waals surface area contributed by atoms with Crippen molar-refractivity contribution in [2.75, 3.05) is 0 Å². The van der Waals surface area contributed by atoms with Gasteiger partial charge in [0.1, 0.15) is 10.7 Å². The molecule has 1 heterocycles. The molecular weight excluding hydrogens is 301 g/mol. The molecule has 0 bridgehead atoms. The number of aromatic carboxylic acids is 1. The Balaban J connectivity index is 2.01. The van der Waals surface area contributed by atoms with Gasteiger partial charge >= 0.3 is 5.97 Å². The SMILES string of the molecule is O=C(O)c1sc(Cc2ccccc2F)nc1-c1ccccc1. The summed E-state index contributed by atoms with van der Waals surface area (Å²) in [4.78, 5) is 16.0. The van der Waals surface area contributed by atoms with Gasteiger partial charge in [-0.3, -0.25) is 0 Å². The van der Waals surface area contributed by atoms with Crippen molar-refractivity contribution in [1.82, 2.24) is 4.98 Å². The summed E-state index contributed by atoms with van der Waals surface area (Å²) in [5.41, 5.74) is 1.69. The average molecular weight is 313 g/mol. The number of thiazole rings is 1. The van der Waals surface area contributed by atoms with Gasteiger partial charge in [0.15, 0.2) is 0 Å². The monoisotopic (exact) mass is 313 g/mol. The quantitative estimate of drug-likeness (QED) is 0.784. The number of halogens is 1. The number of hydrogen-bond donors (Lipinski definition) is 1. The normalized spacial score (nSPS) is 10.6. The van der Waals surface area contributed by atoms with Crippen LogP contribution in [-0.2, 0) is 6.42 Å². The van der Waals surface area contributed by atoms with Gasteiger partial charge in [0.2, 0.25) is 0 Å². The first-order chi connectivity index (χ1) is 10.6. The Hall–Kier alpha value is -2.53. The molecule has 0 saturated heterocycles. The molecule has 110 valence electrons. The first kappa shape index (κ1) is 14.4. The van der Waals surface area contributed by atoms with Crippen LogP contribution < -0.4 is 0 Å². The van der Waals surface area contributed by atoms with E-state index in [-0.39, 0.29) is 17.1 Å². The van der Waals surface area contributed by atoms with E-state index in [1.54, 1.807) is 18.2 Å². The molecule has 0 radical (unpaired) electrons. The third-order valence-corrected chi connectivity index (χ3v) is 4.26. The van der Waals surface area contributed by atoms with Gasteiger partial charge < -0.3 is 5.11 Å². The number of benzene rings is 2. The summed E-state index contributed by atoms with van der Waals surface area (Å²) in [7, 11) is 0. The van der Waals surface area contributed by atoms with Crippen LogP contribution in [0.3, 0.4) is 0 Å². The fourth-order valence-corrected chi connectivity index (χ4v) is 3.13. The van der Waals surface area contributed by atoms with E-state index in [4.69, 9.17) is 0 Å². The largest absolute Gasteiger partial charge is 0.477 e. The lowest BCUT2D eigenvalue weighted by Gasteiger charge is -1.99. The minimum Gasteiger partial charge on any atom is -0.477 e. The Kier molecular flexibility index (Phi) is 3.98. The Labute approximate surface area is 130 Å². The molecule has 3 nitrogen and oxygen atoms in total. The molecule has 3 aromatic rings. The molecule has 2 aromatic carbocycles. The summed E-state index contributed by atoms with van der Waals surface area (Å²) in [6.45, 7) is 0. The van der Waals surface area contributed by atoms with E-state index in [0.717, 1.165) is 16.9 Å². The van der Waals surface area contributed by atoms with Crippen molar-refractivity contribution < 1.29 is 14.3 Å². The van der Waals surface area contributed by atoms with E-state index in [2.05, 4.69) is 4.98 Å². The second-order valence-electron chi connectivity index (χ2n) is 4.72. The van der Waals surface area contributed by atoms with Gasteiger partial charge in [0.05, 0.1) is 10.7 Å². The summed E-state index contributed by atoms with van der Waals surface area (Å²) in [6, 6.07) is 15.6. The van der Waals surface area contributed by atoms with Crippen LogP contribution in [0.5, 0.6) is 0 Å². The number of carboxylic acids is 1. The molecule has 0 saturated carbocycles. The zero-order valence-electron chi connectivity index (χ0n) is 11.5. The maximum atomic E-state index is 13.7. The van der Waals surface area contributed by atoms with Crippen LogP contribution in [0.4, 0.5) is 4.39 Å². The smallest absolute Gasteiger partial charge is 0.348 e. The van der Waals surface area contributed by atoms with E-state index in [1.807, 2.05) is 30.3 Å². The van der Waals surface area contributed by atoms with E-state index < -0.39 is 5.97 Å². The molecule has 0 fully saturated rings. The highest BCUT2D eigenvalue weighted by Gasteiger charge is 2.19. The lowest BCUT2D eigenvalue weighted by atomic mass is 10.1. The maximum absolute atomic E-state index is 13.7. The van der Waals surface area contributed by atoms with Crippen LogP contribution in [-0.4, -0.2) is 16.1 Å². The highest BCUT2D eigenvalue weighted by molar-refractivity contribution is 7.14. The molecule has 0 atom stereocenters. The van der Waals surface area contributed by atoms with Crippen LogP contribution >= 0.6 is 11.3 Å². The lowest BCUT2D eigenvalue weighted by molar-refractivity contribution is 0.0702. The number of rotatable bonds is 4. The predicted octanol–water partition coefficient (Wildman–Crippen LogP) is 4.24. The minimum absolute atomic E-state index is 0.178. The van der Waals surface area contributed by atoms with Gasteiger partial charge in [-0.05, 0) is 11.6 Å². The summed E-state index contributed by atoms with van der Waals surface area (Å²) >= 11 is 1.09. The minimum atomic E-state index is -1.02. The molecule has 0 amide bonds. The zero-order valence-corrected chi connectivity index (χ0v) is 12.3. The summed E-state index contributed by atoms with van der Waals surface area (Å²) in [5.74, 6) is -1.33. The van der Waals surface area contributed by atoms with Crippen molar-refractivity contribution in [1.29, 1.82) is 0 Å². The van der Waals surface area contributed by atoms with E-state index in [9.17, 15) is 14.3 Å². The summed E-state index contributed by atoms with van der Waals surface area (Å²) < 4.78 is 13.7. The van der Waals surface area contributed by atoms with Crippen molar-refractivity contribution in [3.8, 4) is 11.3 Å². The Morgan fingerprint density at radius 1 is 1.09 bits per heavy atom. The van der Waals surface area contributed by atoms with E-state index >= 15 is 0 Å². The average Bonchev–Trinajstić information content (AvgIpc) is 2.95. The topological polar surface area (TPSA) is 50.2 Å². The maximum Gasteiger partial charge on any atom is 0.348 e. The number of nitrogens with zero attached hydrogens (tertiary/aromatic N) is 1. The molecule has 5 heteroatoms. The van der Waals surface area contributed by atoms with Gasteiger partial charge in [0.25, 0.3) is 0 Å². The number of carboxylic acid groups (broad SMARTS) is 1. The summed E-state index contributed by atoms with van der Waals surface area (Å²) in [5, 5.41) is 9.94. The molecule has 0 aliphatic carbocycles. The first-order valence-electron chi connectivity index (χ1n) is 6.67. The number of carbonyl (C=O) groups is 1. The molecule has 1 aromatic heterocycles. The van der Waals surface area contributed by atoms with Crippen molar-refractivity contribution in [3.63, 3.8) is 0 Å². The highest BCUT2D eigenvalue weighted by Crippen LogP contribution is 2.29. The van der Waals surface area contributed by atoms with Crippen molar-refractivity contribution in [2.24, 2.45) is 0 Å². The van der Waals surface area contributed by atoms with Gasteiger partial charge in [0, 0.05) is 12.0 Å². The molecule has 0 unspecified atom stereocenters. The molecule has 3 rings (SSSR count). The molecular formula is C17H12FNO2S. The molecule has 0 spiro atoms. The van der Waals surface area contributed by atoms with Crippen LogP contribution in [0.1, 0.15) is 20.2 Å². The van der Waals surface area contributed by atoms with Crippen molar-refractivity contribution >= 4 is 17.3 Å². The zero-order chi connectivity index (χ0) is 15.5. The summed E-state index contributed by atoms with van der Waals surface area (Å²) in [6.07, 6.45) is 0.282. The van der Waals surface area contributed by atoms with Gasteiger partial charge in [-0.2, -0.15) is 0 Å². The number of aromatic nitrogens is 1. The first-order valence-corrected chi connectivity index (χ1v) is 7.48. The third kappa shape index (κ3) is 2.89. The van der Waals surface area contributed by atoms with Gasteiger partial charge in [-0.25, -0.2) is 14.2 Å². The predicted molar refractivity (Wildman–Crippen MR) is 83.7 cm³/mol. The fraction of sp³-hybridized carbons (Fsp3) is 0.0588. The van der Waals surface area contributed by atoms with E-state index in [1.165, 1.54) is 6.07 Å². The molecule has 1 N–H and O–H groups in total. The highest BCUT2D eigenvalue weighted by atomic mass is 32.1. The molecule has 0 aliphatic heterocycles. The van der Waals surface area contributed by atoms with Crippen LogP contribution in [0.2, 0.25) is 0 Å². The second-order valence-corrected chi connectivity index (χ2v) is 5.81. The lowest BCUT2D eigenvalue weighted by Crippen LogP contribution is -1.95.